The van der Waals surface area contributed by atoms with Crippen LogP contribution in [0.25, 0.3) is 16.2 Å². The smallest absolute Gasteiger partial charge is 0.262 e. The van der Waals surface area contributed by atoms with Crippen LogP contribution in [0, 0.1) is 13.8 Å². The molecule has 0 fully saturated rings. The zero-order valence-corrected chi connectivity index (χ0v) is 17.3. The van der Waals surface area contributed by atoms with Crippen LogP contribution in [0.3, 0.4) is 0 Å². The summed E-state index contributed by atoms with van der Waals surface area (Å²) >= 11 is 1.53. The Morgan fingerprint density at radius 2 is 1.93 bits per heavy atom. The summed E-state index contributed by atoms with van der Waals surface area (Å²) in [5.41, 5.74) is 3.31. The van der Waals surface area contributed by atoms with Gasteiger partial charge in [-0.2, -0.15) is 0 Å². The first-order valence-electron chi connectivity index (χ1n) is 8.59. The van der Waals surface area contributed by atoms with Crippen molar-refractivity contribution < 1.29 is 13.2 Å². The second kappa shape index (κ2) is 6.96. The molecule has 2 heterocycles. The third kappa shape index (κ3) is 3.25. The second-order valence-electron chi connectivity index (χ2n) is 6.46. The van der Waals surface area contributed by atoms with Crippen LogP contribution in [-0.4, -0.2) is 24.9 Å². The number of thiazole rings is 1. The van der Waals surface area contributed by atoms with Gasteiger partial charge in [-0.05, 0) is 43.2 Å². The average molecular weight is 414 g/mol. The lowest BCUT2D eigenvalue weighted by atomic mass is 10.1. The van der Waals surface area contributed by atoms with Crippen LogP contribution in [-0.2, 0) is 10.0 Å². The first-order valence-corrected chi connectivity index (χ1v) is 10.9. The molecule has 4 aromatic rings. The first-order chi connectivity index (χ1) is 13.4. The highest BCUT2D eigenvalue weighted by molar-refractivity contribution is 7.92. The Labute approximate surface area is 167 Å². The van der Waals surface area contributed by atoms with Crippen molar-refractivity contribution in [3.63, 3.8) is 0 Å². The van der Waals surface area contributed by atoms with Crippen molar-refractivity contribution in [1.82, 2.24) is 9.38 Å². The molecule has 0 bridgehead atoms. The molecule has 0 aliphatic carbocycles. The zero-order valence-electron chi connectivity index (χ0n) is 15.6. The first kappa shape index (κ1) is 18.5. The quantitative estimate of drug-likeness (QED) is 0.523. The number of fused-ring (bicyclic) bond motifs is 1. The third-order valence-electron chi connectivity index (χ3n) is 4.52. The Morgan fingerprint density at radius 3 is 2.68 bits per heavy atom. The van der Waals surface area contributed by atoms with Gasteiger partial charge in [-0.1, -0.05) is 18.2 Å². The van der Waals surface area contributed by atoms with E-state index in [1.807, 2.05) is 41.2 Å². The van der Waals surface area contributed by atoms with Gasteiger partial charge < -0.3 is 4.74 Å². The zero-order chi connectivity index (χ0) is 19.9. The molecule has 6 nitrogen and oxygen atoms in total. The van der Waals surface area contributed by atoms with Gasteiger partial charge in [-0.25, -0.2) is 13.4 Å². The maximum Gasteiger partial charge on any atom is 0.262 e. The number of methoxy groups -OCH3 is 1. The van der Waals surface area contributed by atoms with E-state index in [1.54, 1.807) is 38.3 Å². The number of imidazole rings is 1. The number of anilines is 1. The number of para-hydroxylation sites is 1. The highest BCUT2D eigenvalue weighted by Crippen LogP contribution is 2.32. The fourth-order valence-corrected chi connectivity index (χ4v) is 5.22. The van der Waals surface area contributed by atoms with Crippen LogP contribution in [0.1, 0.15) is 11.1 Å². The number of hydrogen-bond donors (Lipinski definition) is 1. The van der Waals surface area contributed by atoms with Gasteiger partial charge in [-0.3, -0.25) is 9.12 Å². The van der Waals surface area contributed by atoms with Crippen molar-refractivity contribution in [2.45, 2.75) is 18.7 Å². The van der Waals surface area contributed by atoms with Crippen LogP contribution in [0.2, 0.25) is 0 Å². The van der Waals surface area contributed by atoms with E-state index in [-0.39, 0.29) is 4.90 Å². The second-order valence-corrected chi connectivity index (χ2v) is 8.98. The molecule has 1 N–H and O–H groups in total. The maximum atomic E-state index is 13.1. The molecule has 0 saturated heterocycles. The number of benzene rings is 2. The minimum atomic E-state index is -3.78. The molecule has 0 unspecified atom stereocenters. The van der Waals surface area contributed by atoms with E-state index >= 15 is 0 Å². The lowest BCUT2D eigenvalue weighted by Gasteiger charge is -2.15. The number of sulfonamides is 1. The van der Waals surface area contributed by atoms with Gasteiger partial charge in [0.25, 0.3) is 10.0 Å². The fourth-order valence-electron chi connectivity index (χ4n) is 3.13. The van der Waals surface area contributed by atoms with Gasteiger partial charge in [0, 0.05) is 23.3 Å². The summed E-state index contributed by atoms with van der Waals surface area (Å²) in [6.45, 7) is 3.58. The van der Waals surface area contributed by atoms with Crippen LogP contribution < -0.4 is 9.46 Å². The van der Waals surface area contributed by atoms with Gasteiger partial charge in [0.05, 0.1) is 23.4 Å². The van der Waals surface area contributed by atoms with Crippen molar-refractivity contribution >= 4 is 32.0 Å². The number of nitrogens with zero attached hydrogens (tertiary/aromatic N) is 2. The Balaban J connectivity index is 1.75. The van der Waals surface area contributed by atoms with Gasteiger partial charge in [-0.15, -0.1) is 11.3 Å². The topological polar surface area (TPSA) is 72.7 Å². The van der Waals surface area contributed by atoms with Gasteiger partial charge in [0.1, 0.15) is 5.75 Å². The van der Waals surface area contributed by atoms with Gasteiger partial charge in [0.15, 0.2) is 4.96 Å². The number of rotatable bonds is 5. The van der Waals surface area contributed by atoms with E-state index in [2.05, 4.69) is 9.71 Å². The molecule has 28 heavy (non-hydrogen) atoms. The molecule has 0 spiro atoms. The molecule has 8 heteroatoms. The Bertz CT molecular complexity index is 1240. The van der Waals surface area contributed by atoms with Crippen molar-refractivity contribution in [1.29, 1.82) is 0 Å². The summed E-state index contributed by atoms with van der Waals surface area (Å²) in [6.07, 6.45) is 3.81. The predicted octanol–water partition coefficient (Wildman–Crippen LogP) is 4.49. The van der Waals surface area contributed by atoms with Crippen LogP contribution >= 0.6 is 11.3 Å². The Kier molecular flexibility index (Phi) is 4.60. The number of hydrogen-bond acceptors (Lipinski definition) is 5. The van der Waals surface area contributed by atoms with E-state index in [4.69, 9.17) is 4.74 Å². The van der Waals surface area contributed by atoms with Gasteiger partial charge >= 0.3 is 0 Å². The third-order valence-corrected chi connectivity index (χ3v) is 6.80. The highest BCUT2D eigenvalue weighted by atomic mass is 32.2. The molecule has 4 rings (SSSR count). The van der Waals surface area contributed by atoms with Crippen molar-refractivity contribution in [2.75, 3.05) is 11.8 Å². The summed E-state index contributed by atoms with van der Waals surface area (Å²) in [4.78, 5) is 5.67. The van der Waals surface area contributed by atoms with E-state index in [0.29, 0.717) is 22.7 Å². The molecule has 0 aliphatic rings. The molecule has 0 atom stereocenters. The van der Waals surface area contributed by atoms with E-state index in [9.17, 15) is 8.42 Å². The maximum absolute atomic E-state index is 13.1. The SMILES string of the molecule is COc1cc(C)c(S(=O)(=O)Nc2ccccc2-c2cn3ccsc3n2)cc1C. The lowest BCUT2D eigenvalue weighted by Crippen LogP contribution is -2.15. The predicted molar refractivity (Wildman–Crippen MR) is 112 cm³/mol. The minimum absolute atomic E-state index is 0.228. The molecular weight excluding hydrogens is 394 g/mol. The molecule has 2 aromatic heterocycles. The largest absolute Gasteiger partial charge is 0.496 e. The molecular formula is C20H19N3O3S2. The summed E-state index contributed by atoms with van der Waals surface area (Å²) in [6, 6.07) is 10.6. The highest BCUT2D eigenvalue weighted by Gasteiger charge is 2.21. The number of nitrogens with one attached hydrogen (secondary N) is 1. The van der Waals surface area contributed by atoms with E-state index in [1.165, 1.54) is 11.3 Å². The normalized spacial score (nSPS) is 11.7. The van der Waals surface area contributed by atoms with Crippen molar-refractivity contribution in [3.05, 3.63) is 65.3 Å². The molecule has 0 amide bonds. The molecule has 0 aliphatic heterocycles. The van der Waals surface area contributed by atoms with Crippen molar-refractivity contribution in [2.24, 2.45) is 0 Å². The molecule has 0 saturated carbocycles. The summed E-state index contributed by atoms with van der Waals surface area (Å²) in [5.74, 6) is 0.662. The Morgan fingerprint density at radius 1 is 1.14 bits per heavy atom. The van der Waals surface area contributed by atoms with Crippen LogP contribution in [0.5, 0.6) is 5.75 Å². The summed E-state index contributed by atoms with van der Waals surface area (Å²) in [5, 5.41) is 1.95. The van der Waals surface area contributed by atoms with E-state index < -0.39 is 10.0 Å². The fraction of sp³-hybridized carbons (Fsp3) is 0.150. The monoisotopic (exact) mass is 413 g/mol. The van der Waals surface area contributed by atoms with Crippen molar-refractivity contribution in [3.8, 4) is 17.0 Å². The van der Waals surface area contributed by atoms with Crippen LogP contribution in [0.4, 0.5) is 5.69 Å². The number of aryl methyl sites for hydroxylation is 2. The summed E-state index contributed by atoms with van der Waals surface area (Å²) < 4.78 is 36.1. The van der Waals surface area contributed by atoms with E-state index in [0.717, 1.165) is 16.1 Å². The minimum Gasteiger partial charge on any atom is -0.496 e. The number of aromatic nitrogens is 2. The lowest BCUT2D eigenvalue weighted by molar-refractivity contribution is 0.411. The average Bonchev–Trinajstić information content (AvgIpc) is 3.25. The molecule has 2 aromatic carbocycles. The van der Waals surface area contributed by atoms with Gasteiger partial charge in [0.2, 0.25) is 0 Å². The number of ether oxygens (including phenoxy) is 1. The molecule has 0 radical (unpaired) electrons. The van der Waals surface area contributed by atoms with Crippen LogP contribution in [0.15, 0.2) is 59.1 Å². The Hall–Kier alpha value is -2.84. The standard InChI is InChI=1S/C20H19N3O3S2/c1-13-11-19(14(2)10-18(13)26-3)28(24,25)22-16-7-5-4-6-15(16)17-12-23-8-9-27-20(23)21-17/h4-12,22H,1-3H3. The summed E-state index contributed by atoms with van der Waals surface area (Å²) in [7, 11) is -2.21. The molecule has 144 valence electrons.